The lowest BCUT2D eigenvalue weighted by molar-refractivity contribution is -0.384. The molecule has 11 nitrogen and oxygen atoms in total. The zero-order valence-corrected chi connectivity index (χ0v) is 19.8. The number of imide groups is 1. The lowest BCUT2D eigenvalue weighted by Crippen LogP contribution is -2.32. The molecule has 0 spiro atoms. The van der Waals surface area contributed by atoms with Crippen LogP contribution in [-0.2, 0) is 9.59 Å². The van der Waals surface area contributed by atoms with Crippen LogP contribution in [-0.4, -0.2) is 46.3 Å². The van der Waals surface area contributed by atoms with Crippen LogP contribution >= 0.6 is 23.1 Å². The molecular formula is C22H17N3O8S2. The van der Waals surface area contributed by atoms with Gasteiger partial charge < -0.3 is 19.6 Å². The highest BCUT2D eigenvalue weighted by atomic mass is 32.2. The van der Waals surface area contributed by atoms with E-state index < -0.39 is 33.8 Å². The van der Waals surface area contributed by atoms with Crippen molar-refractivity contribution in [2.45, 2.75) is 16.2 Å². The molecule has 3 unspecified atom stereocenters. The molecule has 3 aromatic rings. The van der Waals surface area contributed by atoms with E-state index in [2.05, 4.69) is 4.98 Å². The van der Waals surface area contributed by atoms with Crippen LogP contribution < -0.4 is 19.2 Å². The second kappa shape index (κ2) is 8.43. The van der Waals surface area contributed by atoms with E-state index in [0.29, 0.717) is 15.5 Å². The number of carbonyl (C=O) groups excluding carboxylic acids is 2. The summed E-state index contributed by atoms with van der Waals surface area (Å²) in [7, 11) is 2.75. The number of ether oxygens (including phenoxy) is 2. The third-order valence-electron chi connectivity index (χ3n) is 6.00. The first-order valence-electron chi connectivity index (χ1n) is 10.2. The standard InChI is InChI=1S/C22H17N3O8S2/c1-32-12-7-9(8-13(33-2)16(12)26)14-15-18(34-19-17(14)35-22(29)23-19)21(28)24(20(15)27)10-3-5-11(6-4-10)25(30)31/h3-8,14-15,18,26H,1-2H3,(H,23,29). The first-order valence-corrected chi connectivity index (χ1v) is 11.9. The van der Waals surface area contributed by atoms with Gasteiger partial charge in [0.1, 0.15) is 5.25 Å². The number of nitrogens with zero attached hydrogens (tertiary/aromatic N) is 2. The van der Waals surface area contributed by atoms with Gasteiger partial charge in [-0.3, -0.25) is 24.5 Å². The summed E-state index contributed by atoms with van der Waals surface area (Å²) in [4.78, 5) is 53.8. The third kappa shape index (κ3) is 3.54. The van der Waals surface area contributed by atoms with Crippen LogP contribution in [0.25, 0.3) is 0 Å². The molecule has 3 atom stereocenters. The molecule has 2 amide bonds. The number of phenolic OH excluding ortho intramolecular Hbond substituents is 1. The van der Waals surface area contributed by atoms with Crippen molar-refractivity contribution >= 4 is 46.3 Å². The number of aromatic amines is 1. The zero-order valence-electron chi connectivity index (χ0n) is 18.2. The number of carbonyl (C=O) groups is 2. The van der Waals surface area contributed by atoms with E-state index in [-0.39, 0.29) is 33.5 Å². The summed E-state index contributed by atoms with van der Waals surface area (Å²) in [5, 5.41) is 21.0. The molecule has 5 rings (SSSR count). The first kappa shape index (κ1) is 22.9. The molecule has 3 heterocycles. The molecule has 0 aliphatic carbocycles. The van der Waals surface area contributed by atoms with E-state index in [1.165, 1.54) is 38.5 Å². The highest BCUT2D eigenvalue weighted by molar-refractivity contribution is 8.00. The number of anilines is 1. The first-order chi connectivity index (χ1) is 16.7. The number of hydrogen-bond donors (Lipinski definition) is 2. The second-order valence-corrected chi connectivity index (χ2v) is 9.98. The number of aromatic nitrogens is 1. The minimum Gasteiger partial charge on any atom is -0.502 e. The highest BCUT2D eigenvalue weighted by Crippen LogP contribution is 2.54. The van der Waals surface area contributed by atoms with Crippen molar-refractivity contribution < 1.29 is 29.1 Å². The number of aromatic hydroxyl groups is 1. The molecule has 0 saturated carbocycles. The van der Waals surface area contributed by atoms with Crippen molar-refractivity contribution in [2.24, 2.45) is 5.92 Å². The molecule has 2 aliphatic rings. The van der Waals surface area contributed by atoms with Crippen molar-refractivity contribution in [1.29, 1.82) is 0 Å². The van der Waals surface area contributed by atoms with Gasteiger partial charge in [-0.1, -0.05) is 23.1 Å². The maximum Gasteiger partial charge on any atom is 0.305 e. The van der Waals surface area contributed by atoms with E-state index in [1.54, 1.807) is 12.1 Å². The Balaban J connectivity index is 1.65. The van der Waals surface area contributed by atoms with Gasteiger partial charge in [0.05, 0.1) is 35.8 Å². The van der Waals surface area contributed by atoms with E-state index in [1.807, 2.05) is 0 Å². The minimum atomic E-state index is -0.874. The van der Waals surface area contributed by atoms with Crippen LogP contribution in [0.1, 0.15) is 16.4 Å². The summed E-state index contributed by atoms with van der Waals surface area (Å²) < 4.78 is 10.5. The van der Waals surface area contributed by atoms with Gasteiger partial charge in [-0.05, 0) is 29.8 Å². The lowest BCUT2D eigenvalue weighted by Gasteiger charge is -2.30. The molecule has 0 bridgehead atoms. The molecule has 1 aromatic heterocycles. The number of fused-ring (bicyclic) bond motifs is 2. The van der Waals surface area contributed by atoms with Gasteiger partial charge in [0.2, 0.25) is 17.6 Å². The molecule has 0 radical (unpaired) electrons. The third-order valence-corrected chi connectivity index (χ3v) is 8.41. The smallest absolute Gasteiger partial charge is 0.305 e. The SMILES string of the molecule is COc1cc(C2c3sc(=O)[nH]c3SC3C(=O)N(c4ccc([N+](=O)[O-])cc4)C(=O)C32)cc(OC)c1O. The fourth-order valence-electron chi connectivity index (χ4n) is 4.45. The van der Waals surface area contributed by atoms with Crippen molar-refractivity contribution in [3.05, 3.63) is 66.6 Å². The Bertz CT molecular complexity index is 1410. The predicted molar refractivity (Wildman–Crippen MR) is 127 cm³/mol. The average Bonchev–Trinajstić information content (AvgIpc) is 3.33. The highest BCUT2D eigenvalue weighted by Gasteiger charge is 2.56. The number of methoxy groups -OCH3 is 2. The van der Waals surface area contributed by atoms with Crippen LogP contribution in [0.4, 0.5) is 11.4 Å². The maximum absolute atomic E-state index is 13.7. The van der Waals surface area contributed by atoms with Crippen LogP contribution in [0.3, 0.4) is 0 Å². The summed E-state index contributed by atoms with van der Waals surface area (Å²) in [5.74, 6) is -2.55. The van der Waals surface area contributed by atoms with Gasteiger partial charge in [0.25, 0.3) is 5.69 Å². The minimum absolute atomic E-state index is 0.113. The fourth-order valence-corrected chi connectivity index (χ4v) is 6.96. The molecular weight excluding hydrogens is 498 g/mol. The topological polar surface area (TPSA) is 152 Å². The Hall–Kier alpha value is -3.84. The van der Waals surface area contributed by atoms with Gasteiger partial charge in [0.15, 0.2) is 11.5 Å². The molecule has 35 heavy (non-hydrogen) atoms. The Labute approximate surface area is 205 Å². The van der Waals surface area contributed by atoms with Crippen LogP contribution in [0.15, 0.2) is 46.2 Å². The number of nitro benzene ring substituents is 1. The van der Waals surface area contributed by atoms with Crippen molar-refractivity contribution in [3.8, 4) is 17.2 Å². The molecule has 1 saturated heterocycles. The van der Waals surface area contributed by atoms with Gasteiger partial charge in [-0.25, -0.2) is 4.90 Å². The molecule has 13 heteroatoms. The average molecular weight is 516 g/mol. The van der Waals surface area contributed by atoms with Crippen LogP contribution in [0, 0.1) is 16.0 Å². The summed E-state index contributed by atoms with van der Waals surface area (Å²) in [5.41, 5.74) is 0.576. The van der Waals surface area contributed by atoms with E-state index in [0.717, 1.165) is 28.0 Å². The summed E-state index contributed by atoms with van der Waals surface area (Å²) >= 11 is 2.06. The van der Waals surface area contributed by atoms with Crippen LogP contribution in [0.2, 0.25) is 0 Å². The second-order valence-electron chi connectivity index (χ2n) is 7.81. The Morgan fingerprint density at radius 2 is 1.69 bits per heavy atom. The molecule has 2 aliphatic heterocycles. The Morgan fingerprint density at radius 3 is 2.26 bits per heavy atom. The Morgan fingerprint density at radius 1 is 1.06 bits per heavy atom. The number of nitro groups is 1. The molecule has 180 valence electrons. The normalized spacial score (nSPS) is 21.0. The van der Waals surface area contributed by atoms with Crippen molar-refractivity contribution in [3.63, 3.8) is 0 Å². The molecule has 2 N–H and O–H groups in total. The molecule has 1 fully saturated rings. The van der Waals surface area contributed by atoms with Crippen LogP contribution in [0.5, 0.6) is 17.2 Å². The largest absolute Gasteiger partial charge is 0.502 e. The number of amides is 2. The van der Waals surface area contributed by atoms with Gasteiger partial charge >= 0.3 is 4.87 Å². The number of H-pyrrole nitrogens is 1. The lowest BCUT2D eigenvalue weighted by atomic mass is 9.83. The number of benzene rings is 2. The number of phenols is 1. The van der Waals surface area contributed by atoms with Crippen molar-refractivity contribution in [1.82, 2.24) is 4.98 Å². The van der Waals surface area contributed by atoms with Crippen molar-refractivity contribution in [2.75, 3.05) is 19.1 Å². The Kier molecular flexibility index (Phi) is 5.52. The number of non-ortho nitro benzene ring substituents is 1. The number of thioether (sulfide) groups is 1. The fraction of sp³-hybridized carbons (Fsp3) is 0.227. The van der Waals surface area contributed by atoms with Gasteiger partial charge in [-0.15, -0.1) is 0 Å². The number of hydrogen-bond acceptors (Lipinski definition) is 10. The monoisotopic (exact) mass is 515 g/mol. The van der Waals surface area contributed by atoms with E-state index >= 15 is 0 Å². The van der Waals surface area contributed by atoms with E-state index in [9.17, 15) is 29.6 Å². The number of thiazole rings is 1. The predicted octanol–water partition coefficient (Wildman–Crippen LogP) is 2.86. The van der Waals surface area contributed by atoms with Gasteiger partial charge in [0, 0.05) is 22.9 Å². The number of rotatable bonds is 5. The summed E-state index contributed by atoms with van der Waals surface area (Å²) in [6.07, 6.45) is 0. The number of nitrogens with one attached hydrogen (secondary N) is 1. The quantitative estimate of drug-likeness (QED) is 0.297. The summed E-state index contributed by atoms with van der Waals surface area (Å²) in [6, 6.07) is 8.27. The van der Waals surface area contributed by atoms with E-state index in [4.69, 9.17) is 9.47 Å². The van der Waals surface area contributed by atoms with Gasteiger partial charge in [-0.2, -0.15) is 0 Å². The zero-order chi connectivity index (χ0) is 25.0. The maximum atomic E-state index is 13.7. The summed E-state index contributed by atoms with van der Waals surface area (Å²) in [6.45, 7) is 0. The molecule has 2 aromatic carbocycles.